The molecule has 0 saturated heterocycles. The van der Waals surface area contributed by atoms with Crippen molar-refractivity contribution in [3.63, 3.8) is 0 Å². The number of carbonyl (C=O) groups is 1. The minimum Gasteiger partial charge on any atom is -0.478 e. The van der Waals surface area contributed by atoms with Gasteiger partial charge in [-0.2, -0.15) is 0 Å². The smallest absolute Gasteiger partial charge is 0.328 e. The molecule has 0 heterocycles. The van der Waals surface area contributed by atoms with Gasteiger partial charge in [-0.25, -0.2) is 4.79 Å². The van der Waals surface area contributed by atoms with E-state index in [4.69, 9.17) is 5.11 Å². The van der Waals surface area contributed by atoms with Gasteiger partial charge in [0.05, 0.1) is 0 Å². The molecule has 0 bridgehead atoms. The summed E-state index contributed by atoms with van der Waals surface area (Å²) in [6.45, 7) is 2.31. The maximum Gasteiger partial charge on any atom is 0.328 e. The minimum absolute atomic E-state index is 0.872. The summed E-state index contributed by atoms with van der Waals surface area (Å²) in [5.74, 6) is 3.10. The summed E-state index contributed by atoms with van der Waals surface area (Å²) in [5, 5.41) is 8.55. The maximum atomic E-state index is 10.4. The molecule has 2 saturated carbocycles. The van der Waals surface area contributed by atoms with Crippen LogP contribution in [0.5, 0.6) is 0 Å². The van der Waals surface area contributed by atoms with E-state index in [1.807, 2.05) is 6.08 Å². The third-order valence-electron chi connectivity index (χ3n) is 6.89. The number of hydrogen-bond donors (Lipinski definition) is 1. The Morgan fingerprint density at radius 3 is 1.96 bits per heavy atom. The Hall–Kier alpha value is -1.05. The van der Waals surface area contributed by atoms with Gasteiger partial charge >= 0.3 is 5.97 Å². The Morgan fingerprint density at radius 2 is 1.42 bits per heavy atom. The van der Waals surface area contributed by atoms with Crippen molar-refractivity contribution < 1.29 is 9.90 Å². The summed E-state index contributed by atoms with van der Waals surface area (Å²) in [5.41, 5.74) is 0. The molecule has 1 N–H and O–H groups in total. The fourth-order valence-corrected chi connectivity index (χ4v) is 5.22. The van der Waals surface area contributed by atoms with Crippen molar-refractivity contribution >= 4 is 5.97 Å². The zero-order chi connectivity index (χ0) is 18.6. The normalized spacial score (nSPS) is 30.2. The number of unbranched alkanes of at least 4 members (excludes halogenated alkanes) is 2. The fraction of sp³-hybridized carbons (Fsp3) is 0.792. The van der Waals surface area contributed by atoms with Gasteiger partial charge in [0.2, 0.25) is 0 Å². The molecule has 0 unspecified atom stereocenters. The number of rotatable bonds is 10. The van der Waals surface area contributed by atoms with E-state index in [2.05, 4.69) is 13.0 Å². The average molecular weight is 361 g/mol. The van der Waals surface area contributed by atoms with Crippen LogP contribution in [-0.4, -0.2) is 11.1 Å². The van der Waals surface area contributed by atoms with E-state index in [1.54, 1.807) is 6.08 Å². The van der Waals surface area contributed by atoms with Gasteiger partial charge in [0.25, 0.3) is 0 Å². The van der Waals surface area contributed by atoms with Crippen molar-refractivity contribution in [2.24, 2.45) is 23.7 Å². The van der Waals surface area contributed by atoms with Gasteiger partial charge in [0, 0.05) is 6.08 Å². The molecule has 0 radical (unpaired) electrons. The molecule has 0 aromatic rings. The Bertz CT molecular complexity index is 435. The molecule has 2 rings (SSSR count). The first-order valence-corrected chi connectivity index (χ1v) is 11.2. The van der Waals surface area contributed by atoms with Crippen LogP contribution in [0.3, 0.4) is 0 Å². The second-order valence-corrected chi connectivity index (χ2v) is 8.76. The van der Waals surface area contributed by atoms with E-state index in [0.29, 0.717) is 0 Å². The van der Waals surface area contributed by atoms with Gasteiger partial charge in [-0.05, 0) is 62.2 Å². The van der Waals surface area contributed by atoms with E-state index in [9.17, 15) is 4.79 Å². The van der Waals surface area contributed by atoms with Crippen LogP contribution in [0.15, 0.2) is 24.3 Å². The molecule has 26 heavy (non-hydrogen) atoms. The predicted octanol–water partition coefficient (Wildman–Crippen LogP) is 7.16. The first kappa shape index (κ1) is 21.3. The molecule has 2 aliphatic rings. The highest BCUT2D eigenvalue weighted by Gasteiger charge is 2.30. The SMILES string of the molecule is CCCCC[C@H]1CC[C@H]([C@H]2CC[C@H](CC/C=C/C=C/C(=O)O)CC2)CC1. The Balaban J connectivity index is 1.57. The minimum atomic E-state index is -0.872. The molecular formula is C24H40O2. The van der Waals surface area contributed by atoms with E-state index in [1.165, 1.54) is 89.5 Å². The molecule has 0 aromatic heterocycles. The first-order valence-electron chi connectivity index (χ1n) is 11.2. The summed E-state index contributed by atoms with van der Waals surface area (Å²) in [7, 11) is 0. The van der Waals surface area contributed by atoms with Gasteiger partial charge in [-0.3, -0.25) is 0 Å². The lowest BCUT2D eigenvalue weighted by Gasteiger charge is -2.38. The summed E-state index contributed by atoms with van der Waals surface area (Å²) in [4.78, 5) is 10.4. The molecule has 2 heteroatoms. The van der Waals surface area contributed by atoms with Crippen LogP contribution in [0.4, 0.5) is 0 Å². The highest BCUT2D eigenvalue weighted by atomic mass is 16.4. The standard InChI is InChI=1S/C24H40O2/c1-2-3-6-9-20-12-16-22(17-13-20)23-18-14-21(15-19-23)10-7-4-5-8-11-24(25)26/h4-5,8,11,20-23H,2-3,6-7,9-10,12-19H2,1H3,(H,25,26)/b5-4+,11-8+/t20-,21-,22-,23-. The maximum absolute atomic E-state index is 10.4. The zero-order valence-electron chi connectivity index (χ0n) is 16.9. The first-order chi connectivity index (χ1) is 12.7. The van der Waals surface area contributed by atoms with Crippen LogP contribution in [0.2, 0.25) is 0 Å². The van der Waals surface area contributed by atoms with Crippen LogP contribution in [0.25, 0.3) is 0 Å². The number of allylic oxidation sites excluding steroid dienone is 3. The van der Waals surface area contributed by atoms with Gasteiger partial charge in [-0.1, -0.05) is 76.5 Å². The quantitative estimate of drug-likeness (QED) is 0.255. The van der Waals surface area contributed by atoms with E-state index in [0.717, 1.165) is 30.1 Å². The molecule has 148 valence electrons. The van der Waals surface area contributed by atoms with Crippen LogP contribution in [-0.2, 0) is 4.79 Å². The number of carboxylic acids is 1. The average Bonchev–Trinajstić information content (AvgIpc) is 2.66. The summed E-state index contributed by atoms with van der Waals surface area (Å²) >= 11 is 0. The van der Waals surface area contributed by atoms with Gasteiger partial charge in [0.1, 0.15) is 0 Å². The molecule has 2 nitrogen and oxygen atoms in total. The highest BCUT2D eigenvalue weighted by molar-refractivity contribution is 5.80. The molecular weight excluding hydrogens is 320 g/mol. The lowest BCUT2D eigenvalue weighted by atomic mass is 9.68. The highest BCUT2D eigenvalue weighted by Crippen LogP contribution is 2.43. The molecule has 0 amide bonds. The zero-order valence-corrected chi connectivity index (χ0v) is 16.9. The molecule has 2 fully saturated rings. The van der Waals surface area contributed by atoms with Crippen molar-refractivity contribution in [2.45, 2.75) is 96.8 Å². The largest absolute Gasteiger partial charge is 0.478 e. The van der Waals surface area contributed by atoms with Gasteiger partial charge in [-0.15, -0.1) is 0 Å². The third kappa shape index (κ3) is 8.10. The summed E-state index contributed by atoms with van der Waals surface area (Å²) in [6, 6.07) is 0. The number of aliphatic carboxylic acids is 1. The Morgan fingerprint density at radius 1 is 0.846 bits per heavy atom. The Labute approximate surface area is 161 Å². The molecule has 0 atom stereocenters. The number of carboxylic acid groups (broad SMARTS) is 1. The molecule has 2 aliphatic carbocycles. The van der Waals surface area contributed by atoms with Crippen LogP contribution in [0.1, 0.15) is 96.8 Å². The second-order valence-electron chi connectivity index (χ2n) is 8.76. The van der Waals surface area contributed by atoms with Crippen LogP contribution in [0, 0.1) is 23.7 Å². The lowest BCUT2D eigenvalue weighted by molar-refractivity contribution is -0.131. The molecule has 0 aromatic carbocycles. The van der Waals surface area contributed by atoms with Gasteiger partial charge < -0.3 is 5.11 Å². The van der Waals surface area contributed by atoms with Crippen molar-refractivity contribution in [1.29, 1.82) is 0 Å². The van der Waals surface area contributed by atoms with E-state index in [-0.39, 0.29) is 0 Å². The topological polar surface area (TPSA) is 37.3 Å². The fourth-order valence-electron chi connectivity index (χ4n) is 5.22. The Kier molecular flexibility index (Phi) is 10.1. The molecule has 0 aliphatic heterocycles. The van der Waals surface area contributed by atoms with Crippen molar-refractivity contribution in [2.75, 3.05) is 0 Å². The van der Waals surface area contributed by atoms with Crippen molar-refractivity contribution in [1.82, 2.24) is 0 Å². The van der Waals surface area contributed by atoms with Crippen molar-refractivity contribution in [3.8, 4) is 0 Å². The van der Waals surface area contributed by atoms with E-state index < -0.39 is 5.97 Å². The number of hydrogen-bond acceptors (Lipinski definition) is 1. The van der Waals surface area contributed by atoms with Crippen molar-refractivity contribution in [3.05, 3.63) is 24.3 Å². The third-order valence-corrected chi connectivity index (χ3v) is 6.89. The molecule has 0 spiro atoms. The van der Waals surface area contributed by atoms with Crippen LogP contribution >= 0.6 is 0 Å². The summed E-state index contributed by atoms with van der Waals surface area (Å²) < 4.78 is 0. The van der Waals surface area contributed by atoms with Crippen LogP contribution < -0.4 is 0 Å². The summed E-state index contributed by atoms with van der Waals surface area (Å²) in [6.07, 6.45) is 26.7. The monoisotopic (exact) mass is 360 g/mol. The lowest BCUT2D eigenvalue weighted by Crippen LogP contribution is -2.25. The van der Waals surface area contributed by atoms with E-state index >= 15 is 0 Å². The predicted molar refractivity (Wildman–Crippen MR) is 110 cm³/mol. The second kappa shape index (κ2) is 12.4. The van der Waals surface area contributed by atoms with Gasteiger partial charge in [0.15, 0.2) is 0 Å².